The second kappa shape index (κ2) is 3.25. The number of hydrogen-bond donors (Lipinski definition) is 0. The first-order valence-corrected chi connectivity index (χ1v) is 4.59. The molecule has 0 N–H and O–H groups in total. The molecule has 0 aliphatic carbocycles. The molecule has 74 valence electrons. The fraction of sp³-hybridized carbons (Fsp3) is 0.444. The van der Waals surface area contributed by atoms with Crippen LogP contribution in [0.2, 0.25) is 0 Å². The highest BCUT2D eigenvalue weighted by Gasteiger charge is 2.10. The van der Waals surface area contributed by atoms with Gasteiger partial charge in [0, 0.05) is 14.1 Å². The summed E-state index contributed by atoms with van der Waals surface area (Å²) in [6.45, 7) is 2.09. The average molecular weight is 191 g/mol. The summed E-state index contributed by atoms with van der Waals surface area (Å²) in [7, 11) is 3.84. The van der Waals surface area contributed by atoms with Gasteiger partial charge in [-0.2, -0.15) is 5.10 Å². The fourth-order valence-electron chi connectivity index (χ4n) is 1.42. The molecule has 0 saturated heterocycles. The Hall–Kier alpha value is -1.65. The lowest BCUT2D eigenvalue weighted by Gasteiger charge is -1.98. The third kappa shape index (κ3) is 1.30. The van der Waals surface area contributed by atoms with Gasteiger partial charge in [0.2, 0.25) is 0 Å². The van der Waals surface area contributed by atoms with Crippen LogP contribution in [0.3, 0.4) is 0 Å². The van der Waals surface area contributed by atoms with Gasteiger partial charge in [0.25, 0.3) is 0 Å². The molecular formula is C9H13N5. The SMILES string of the molecule is CCc1cc(-c2nncn2C)n(C)n1. The monoisotopic (exact) mass is 191 g/mol. The molecule has 0 atom stereocenters. The van der Waals surface area contributed by atoms with E-state index in [0.717, 1.165) is 23.6 Å². The lowest BCUT2D eigenvalue weighted by Crippen LogP contribution is -1.99. The van der Waals surface area contributed by atoms with Crippen molar-refractivity contribution in [3.8, 4) is 11.5 Å². The van der Waals surface area contributed by atoms with Crippen molar-refractivity contribution >= 4 is 0 Å². The van der Waals surface area contributed by atoms with Gasteiger partial charge in [-0.15, -0.1) is 10.2 Å². The Labute approximate surface area is 82.4 Å². The maximum absolute atomic E-state index is 4.36. The van der Waals surface area contributed by atoms with Gasteiger partial charge in [-0.25, -0.2) is 0 Å². The largest absolute Gasteiger partial charge is 0.315 e. The number of rotatable bonds is 2. The van der Waals surface area contributed by atoms with Crippen molar-refractivity contribution in [2.45, 2.75) is 13.3 Å². The van der Waals surface area contributed by atoms with E-state index >= 15 is 0 Å². The van der Waals surface area contributed by atoms with Gasteiger partial charge in [0.1, 0.15) is 12.0 Å². The van der Waals surface area contributed by atoms with Crippen LogP contribution in [-0.2, 0) is 20.5 Å². The summed E-state index contributed by atoms with van der Waals surface area (Å²) < 4.78 is 3.72. The second-order valence-electron chi connectivity index (χ2n) is 3.26. The molecule has 14 heavy (non-hydrogen) atoms. The molecule has 0 amide bonds. The normalized spacial score (nSPS) is 10.8. The molecule has 0 unspecified atom stereocenters. The van der Waals surface area contributed by atoms with Crippen LogP contribution in [0.4, 0.5) is 0 Å². The highest BCUT2D eigenvalue weighted by Crippen LogP contribution is 2.16. The van der Waals surface area contributed by atoms with Gasteiger partial charge in [0.15, 0.2) is 5.82 Å². The van der Waals surface area contributed by atoms with Crippen LogP contribution in [0.15, 0.2) is 12.4 Å². The number of aryl methyl sites for hydroxylation is 3. The molecule has 0 fully saturated rings. The smallest absolute Gasteiger partial charge is 0.181 e. The molecule has 5 nitrogen and oxygen atoms in total. The molecule has 0 saturated carbocycles. The van der Waals surface area contributed by atoms with Crippen LogP contribution in [0.25, 0.3) is 11.5 Å². The van der Waals surface area contributed by atoms with E-state index in [0.29, 0.717) is 0 Å². The predicted molar refractivity (Wildman–Crippen MR) is 52.6 cm³/mol. The number of hydrogen-bond acceptors (Lipinski definition) is 3. The first-order valence-electron chi connectivity index (χ1n) is 4.59. The van der Waals surface area contributed by atoms with Crippen molar-refractivity contribution in [3.05, 3.63) is 18.1 Å². The number of nitrogens with zero attached hydrogens (tertiary/aromatic N) is 5. The number of aromatic nitrogens is 5. The van der Waals surface area contributed by atoms with Crippen LogP contribution in [-0.4, -0.2) is 24.5 Å². The summed E-state index contributed by atoms with van der Waals surface area (Å²) in [4.78, 5) is 0. The van der Waals surface area contributed by atoms with Crippen molar-refractivity contribution in [2.24, 2.45) is 14.1 Å². The van der Waals surface area contributed by atoms with E-state index in [4.69, 9.17) is 0 Å². The summed E-state index contributed by atoms with van der Waals surface area (Å²) in [5.41, 5.74) is 2.08. The van der Waals surface area contributed by atoms with Gasteiger partial charge >= 0.3 is 0 Å². The minimum absolute atomic E-state index is 0.847. The summed E-state index contributed by atoms with van der Waals surface area (Å²) in [5, 5.41) is 12.3. The Bertz CT molecular complexity index is 440. The van der Waals surface area contributed by atoms with Gasteiger partial charge < -0.3 is 4.57 Å². The molecule has 2 heterocycles. The first-order chi connectivity index (χ1) is 6.72. The Balaban J connectivity index is 2.51. The Kier molecular flexibility index (Phi) is 2.07. The molecule has 0 radical (unpaired) electrons. The van der Waals surface area contributed by atoms with E-state index in [2.05, 4.69) is 22.2 Å². The van der Waals surface area contributed by atoms with Crippen LogP contribution in [0, 0.1) is 0 Å². The third-order valence-electron chi connectivity index (χ3n) is 2.23. The quantitative estimate of drug-likeness (QED) is 0.704. The molecule has 0 aliphatic rings. The molecule has 5 heteroatoms. The predicted octanol–water partition coefficient (Wildman–Crippen LogP) is 0.778. The van der Waals surface area contributed by atoms with Crippen LogP contribution in [0.5, 0.6) is 0 Å². The summed E-state index contributed by atoms with van der Waals surface area (Å²) >= 11 is 0. The van der Waals surface area contributed by atoms with Crippen molar-refractivity contribution in [1.29, 1.82) is 0 Å². The zero-order valence-electron chi connectivity index (χ0n) is 8.60. The van der Waals surface area contributed by atoms with Crippen molar-refractivity contribution in [1.82, 2.24) is 24.5 Å². The van der Waals surface area contributed by atoms with Crippen molar-refractivity contribution in [2.75, 3.05) is 0 Å². The third-order valence-corrected chi connectivity index (χ3v) is 2.23. The van der Waals surface area contributed by atoms with Gasteiger partial charge in [-0.05, 0) is 12.5 Å². The van der Waals surface area contributed by atoms with E-state index in [-0.39, 0.29) is 0 Å². The lowest BCUT2D eigenvalue weighted by molar-refractivity contribution is 0.742. The molecule has 2 aromatic rings. The van der Waals surface area contributed by atoms with Crippen molar-refractivity contribution in [3.63, 3.8) is 0 Å². The Morgan fingerprint density at radius 2 is 2.14 bits per heavy atom. The Morgan fingerprint density at radius 1 is 1.36 bits per heavy atom. The minimum Gasteiger partial charge on any atom is -0.315 e. The van der Waals surface area contributed by atoms with Crippen molar-refractivity contribution < 1.29 is 0 Å². The molecule has 0 aliphatic heterocycles. The van der Waals surface area contributed by atoms with E-state index in [1.165, 1.54) is 0 Å². The fourth-order valence-corrected chi connectivity index (χ4v) is 1.42. The van der Waals surface area contributed by atoms with E-state index in [1.54, 1.807) is 6.33 Å². The van der Waals surface area contributed by atoms with E-state index < -0.39 is 0 Å². The second-order valence-corrected chi connectivity index (χ2v) is 3.26. The maximum Gasteiger partial charge on any atom is 0.181 e. The van der Waals surface area contributed by atoms with Gasteiger partial charge in [-0.1, -0.05) is 6.92 Å². The zero-order chi connectivity index (χ0) is 10.1. The summed E-state index contributed by atoms with van der Waals surface area (Å²) in [6.07, 6.45) is 2.62. The Morgan fingerprint density at radius 3 is 2.64 bits per heavy atom. The maximum atomic E-state index is 4.36. The molecule has 2 aromatic heterocycles. The standard InChI is InChI=1S/C9H13N5/c1-4-7-5-8(14(3)12-7)9-11-10-6-13(9)2/h5-6H,4H2,1-3H3. The molecule has 0 spiro atoms. The van der Waals surface area contributed by atoms with Gasteiger partial charge in [0.05, 0.1) is 5.69 Å². The van der Waals surface area contributed by atoms with Gasteiger partial charge in [-0.3, -0.25) is 4.68 Å². The van der Waals surface area contributed by atoms with Crippen LogP contribution in [0.1, 0.15) is 12.6 Å². The molecule has 2 rings (SSSR count). The minimum atomic E-state index is 0.847. The first kappa shape index (κ1) is 8.93. The molecular weight excluding hydrogens is 178 g/mol. The van der Waals surface area contributed by atoms with E-state index in [1.807, 2.05) is 29.4 Å². The zero-order valence-corrected chi connectivity index (χ0v) is 8.60. The summed E-state index contributed by atoms with van der Waals surface area (Å²) in [6, 6.07) is 2.05. The lowest BCUT2D eigenvalue weighted by atomic mass is 10.3. The van der Waals surface area contributed by atoms with Crippen LogP contribution >= 0.6 is 0 Å². The van der Waals surface area contributed by atoms with Crippen LogP contribution < -0.4 is 0 Å². The average Bonchev–Trinajstić information content (AvgIpc) is 2.72. The highest BCUT2D eigenvalue weighted by molar-refractivity contribution is 5.50. The highest BCUT2D eigenvalue weighted by atomic mass is 15.3. The summed E-state index contributed by atoms with van der Waals surface area (Å²) in [5.74, 6) is 0.847. The van der Waals surface area contributed by atoms with E-state index in [9.17, 15) is 0 Å². The molecule has 0 bridgehead atoms. The molecule has 0 aromatic carbocycles. The topological polar surface area (TPSA) is 48.5 Å².